The molecule has 0 aliphatic carbocycles. The van der Waals surface area contributed by atoms with Gasteiger partial charge in [0.1, 0.15) is 0 Å². The van der Waals surface area contributed by atoms with E-state index in [-0.39, 0.29) is 6.03 Å². The Morgan fingerprint density at radius 2 is 1.70 bits per heavy atom. The number of carbonyl (C=O) groups excluding carboxylic acids is 1. The summed E-state index contributed by atoms with van der Waals surface area (Å²) in [5.74, 6) is -0.963. The highest BCUT2D eigenvalue weighted by Crippen LogP contribution is 2.30. The lowest BCUT2D eigenvalue weighted by molar-refractivity contribution is 0.142. The van der Waals surface area contributed by atoms with Gasteiger partial charge in [-0.15, -0.1) is 0 Å². The number of nitrogens with zero attached hydrogens (tertiary/aromatic N) is 2. The van der Waals surface area contributed by atoms with Crippen LogP contribution >= 0.6 is 0 Å². The van der Waals surface area contributed by atoms with Crippen molar-refractivity contribution in [1.29, 1.82) is 0 Å². The first-order valence-corrected chi connectivity index (χ1v) is 7.38. The molecule has 1 heterocycles. The third-order valence-corrected chi connectivity index (χ3v) is 3.70. The number of carbonyl (C=O) groups is 1. The highest BCUT2D eigenvalue weighted by molar-refractivity contribution is 5.92. The van der Waals surface area contributed by atoms with E-state index in [1.54, 1.807) is 30.4 Å². The number of hydrogen-bond acceptors (Lipinski definition) is 3. The van der Waals surface area contributed by atoms with Crippen molar-refractivity contribution in [3.8, 4) is 0 Å². The van der Waals surface area contributed by atoms with Gasteiger partial charge in [-0.1, -0.05) is 48.5 Å². The summed E-state index contributed by atoms with van der Waals surface area (Å²) in [4.78, 5) is 18.9. The van der Waals surface area contributed by atoms with Crippen molar-refractivity contribution in [2.75, 3.05) is 12.4 Å². The van der Waals surface area contributed by atoms with E-state index in [0.717, 1.165) is 11.3 Å². The molecule has 1 aliphatic heterocycles. The second kappa shape index (κ2) is 6.46. The van der Waals surface area contributed by atoms with E-state index >= 15 is 0 Å². The zero-order valence-electron chi connectivity index (χ0n) is 12.8. The van der Waals surface area contributed by atoms with Crippen molar-refractivity contribution in [2.45, 2.75) is 5.79 Å². The Hall–Kier alpha value is -2.92. The van der Waals surface area contributed by atoms with Crippen molar-refractivity contribution in [1.82, 2.24) is 10.2 Å². The second-order valence-corrected chi connectivity index (χ2v) is 5.07. The monoisotopic (exact) mass is 306 g/mol. The van der Waals surface area contributed by atoms with E-state index in [9.17, 15) is 4.79 Å². The van der Waals surface area contributed by atoms with Gasteiger partial charge in [0, 0.05) is 23.7 Å². The predicted molar refractivity (Wildman–Crippen MR) is 92.1 cm³/mol. The fourth-order valence-corrected chi connectivity index (χ4v) is 2.58. The van der Waals surface area contributed by atoms with Gasteiger partial charge >= 0.3 is 6.03 Å². The first kappa shape index (κ1) is 15.0. The molecule has 1 atom stereocenters. The van der Waals surface area contributed by atoms with E-state index in [1.807, 2.05) is 60.7 Å². The minimum Gasteiger partial charge on any atom is -0.307 e. The molecule has 3 rings (SSSR count). The van der Waals surface area contributed by atoms with Crippen molar-refractivity contribution >= 4 is 17.9 Å². The van der Waals surface area contributed by atoms with Gasteiger partial charge in [-0.05, 0) is 25.3 Å². The number of rotatable bonds is 3. The first-order chi connectivity index (χ1) is 11.3. The van der Waals surface area contributed by atoms with Gasteiger partial charge in [0.2, 0.25) is 5.79 Å². The maximum Gasteiger partial charge on any atom is 0.329 e. The minimum absolute atomic E-state index is 0.262. The Bertz CT molecular complexity index is 727. The minimum atomic E-state index is -0.963. The average molecular weight is 306 g/mol. The van der Waals surface area contributed by atoms with Gasteiger partial charge in [-0.2, -0.15) is 0 Å². The SMILES string of the molecule is CNC1(c2ccccc2)N=CC=CN1C(=O)Nc1ccccc1. The topological polar surface area (TPSA) is 56.7 Å². The smallest absolute Gasteiger partial charge is 0.307 e. The van der Waals surface area contributed by atoms with E-state index in [1.165, 1.54) is 0 Å². The van der Waals surface area contributed by atoms with Crippen LogP contribution in [-0.4, -0.2) is 24.2 Å². The Kier molecular flexibility index (Phi) is 4.21. The Balaban J connectivity index is 1.94. The van der Waals surface area contributed by atoms with Gasteiger partial charge in [0.05, 0.1) is 0 Å². The number of para-hydroxylation sites is 1. The van der Waals surface area contributed by atoms with Crippen LogP contribution in [-0.2, 0) is 5.79 Å². The highest BCUT2D eigenvalue weighted by atomic mass is 16.2. The normalized spacial score (nSPS) is 19.6. The van der Waals surface area contributed by atoms with Crippen molar-refractivity contribution in [3.63, 3.8) is 0 Å². The molecule has 2 aromatic rings. The number of allylic oxidation sites excluding steroid dienone is 1. The van der Waals surface area contributed by atoms with E-state index < -0.39 is 5.79 Å². The fourth-order valence-electron chi connectivity index (χ4n) is 2.58. The number of nitrogens with one attached hydrogen (secondary N) is 2. The summed E-state index contributed by atoms with van der Waals surface area (Å²) in [5.41, 5.74) is 1.62. The van der Waals surface area contributed by atoms with Gasteiger partial charge in [0.15, 0.2) is 0 Å². The van der Waals surface area contributed by atoms with Crippen molar-refractivity contribution in [3.05, 3.63) is 78.5 Å². The molecule has 23 heavy (non-hydrogen) atoms. The molecular formula is C18H18N4O. The summed E-state index contributed by atoms with van der Waals surface area (Å²) in [6, 6.07) is 18.8. The lowest BCUT2D eigenvalue weighted by atomic mass is 10.1. The van der Waals surface area contributed by atoms with Crippen LogP contribution in [0.2, 0.25) is 0 Å². The molecule has 0 aromatic heterocycles. The van der Waals surface area contributed by atoms with E-state index in [4.69, 9.17) is 0 Å². The highest BCUT2D eigenvalue weighted by Gasteiger charge is 2.39. The number of amides is 2. The molecule has 0 spiro atoms. The maximum absolute atomic E-state index is 12.8. The van der Waals surface area contributed by atoms with Crippen LogP contribution in [0.3, 0.4) is 0 Å². The Morgan fingerprint density at radius 1 is 1.04 bits per heavy atom. The quantitative estimate of drug-likeness (QED) is 0.915. The molecule has 2 N–H and O–H groups in total. The van der Waals surface area contributed by atoms with Crippen molar-refractivity contribution in [2.24, 2.45) is 4.99 Å². The molecule has 0 bridgehead atoms. The van der Waals surface area contributed by atoms with Crippen LogP contribution in [0.25, 0.3) is 0 Å². The van der Waals surface area contributed by atoms with Gasteiger partial charge in [0.25, 0.3) is 0 Å². The molecule has 116 valence electrons. The molecule has 5 heteroatoms. The molecule has 1 unspecified atom stereocenters. The number of hydrogen-bond donors (Lipinski definition) is 2. The lowest BCUT2D eigenvalue weighted by Gasteiger charge is -2.40. The molecule has 2 aromatic carbocycles. The standard InChI is InChI=1S/C18H18N4O/c1-19-18(15-9-4-2-5-10-15)20-13-8-14-22(18)17(23)21-16-11-6-3-7-12-16/h2-14,19H,1H3,(H,21,23). The van der Waals surface area contributed by atoms with Gasteiger partial charge in [-0.25, -0.2) is 9.79 Å². The number of benzene rings is 2. The van der Waals surface area contributed by atoms with Crippen LogP contribution in [0.4, 0.5) is 10.5 Å². The molecule has 0 fully saturated rings. The van der Waals surface area contributed by atoms with Gasteiger partial charge < -0.3 is 5.32 Å². The first-order valence-electron chi connectivity index (χ1n) is 7.38. The number of urea groups is 1. The summed E-state index contributed by atoms with van der Waals surface area (Å²) in [6.07, 6.45) is 5.15. The lowest BCUT2D eigenvalue weighted by Crippen LogP contribution is -2.55. The van der Waals surface area contributed by atoms with E-state index in [0.29, 0.717) is 0 Å². The summed E-state index contributed by atoms with van der Waals surface area (Å²) in [7, 11) is 1.78. The van der Waals surface area contributed by atoms with Crippen LogP contribution < -0.4 is 10.6 Å². The van der Waals surface area contributed by atoms with Crippen LogP contribution in [0.15, 0.2) is 77.9 Å². The number of aliphatic imine (C=N–C) groups is 1. The molecule has 5 nitrogen and oxygen atoms in total. The maximum atomic E-state index is 12.8. The largest absolute Gasteiger partial charge is 0.329 e. The molecule has 0 saturated heterocycles. The summed E-state index contributed by atoms with van der Waals surface area (Å²) in [6.45, 7) is 0. The Morgan fingerprint density at radius 3 is 2.35 bits per heavy atom. The summed E-state index contributed by atoms with van der Waals surface area (Å²) in [5, 5.41) is 6.06. The average Bonchev–Trinajstić information content (AvgIpc) is 2.63. The van der Waals surface area contributed by atoms with Crippen LogP contribution in [0, 0.1) is 0 Å². The Labute approximate surface area is 135 Å². The number of anilines is 1. The van der Waals surface area contributed by atoms with Crippen LogP contribution in [0.1, 0.15) is 5.56 Å². The fraction of sp³-hybridized carbons (Fsp3) is 0.111. The zero-order chi connectivity index (χ0) is 16.1. The third-order valence-electron chi connectivity index (χ3n) is 3.70. The molecule has 2 amide bonds. The summed E-state index contributed by atoms with van der Waals surface area (Å²) >= 11 is 0. The second-order valence-electron chi connectivity index (χ2n) is 5.07. The summed E-state index contributed by atoms with van der Waals surface area (Å²) < 4.78 is 0. The molecule has 1 aliphatic rings. The van der Waals surface area contributed by atoms with Crippen LogP contribution in [0.5, 0.6) is 0 Å². The van der Waals surface area contributed by atoms with E-state index in [2.05, 4.69) is 15.6 Å². The molecule has 0 radical (unpaired) electrons. The predicted octanol–water partition coefficient (Wildman–Crippen LogP) is 3.15. The molecule has 0 saturated carbocycles. The molecular weight excluding hydrogens is 288 g/mol. The van der Waals surface area contributed by atoms with Crippen molar-refractivity contribution < 1.29 is 4.79 Å². The zero-order valence-corrected chi connectivity index (χ0v) is 12.8. The van der Waals surface area contributed by atoms with Gasteiger partial charge in [-0.3, -0.25) is 10.2 Å². The third kappa shape index (κ3) is 2.86.